The topological polar surface area (TPSA) is 144 Å². The molecule has 1 aliphatic heterocycles. The lowest BCUT2D eigenvalue weighted by molar-refractivity contribution is -0.118. The Balaban J connectivity index is 1.53. The van der Waals surface area contributed by atoms with Crippen molar-refractivity contribution in [2.45, 2.75) is 6.54 Å². The van der Waals surface area contributed by atoms with Crippen molar-refractivity contribution in [2.24, 2.45) is 0 Å². The number of piperazine rings is 1. The summed E-state index contributed by atoms with van der Waals surface area (Å²) in [7, 11) is 0. The summed E-state index contributed by atoms with van der Waals surface area (Å²) in [6.07, 6.45) is 2.89. The molecule has 4 heterocycles. The van der Waals surface area contributed by atoms with Gasteiger partial charge < -0.3 is 15.7 Å². The molecule has 0 atom stereocenters. The van der Waals surface area contributed by atoms with Gasteiger partial charge in [-0.1, -0.05) is 6.07 Å². The number of amides is 2. The van der Waals surface area contributed by atoms with Crippen molar-refractivity contribution in [3.05, 3.63) is 53.6 Å². The molecule has 1 aliphatic rings. The Labute approximate surface area is 171 Å². The molecule has 0 bridgehead atoms. The van der Waals surface area contributed by atoms with Gasteiger partial charge in [0.05, 0.1) is 18.3 Å². The molecule has 10 nitrogen and oxygen atoms in total. The van der Waals surface area contributed by atoms with Gasteiger partial charge in [0.25, 0.3) is 5.91 Å². The van der Waals surface area contributed by atoms with Crippen LogP contribution in [0.5, 0.6) is 5.75 Å². The van der Waals surface area contributed by atoms with E-state index in [0.717, 1.165) is 0 Å². The van der Waals surface area contributed by atoms with Crippen molar-refractivity contribution in [1.82, 2.24) is 25.6 Å². The van der Waals surface area contributed by atoms with Crippen LogP contribution < -0.4 is 15.5 Å². The normalized spacial score (nSPS) is 13.8. The molecule has 0 unspecified atom stereocenters. The van der Waals surface area contributed by atoms with E-state index < -0.39 is 5.91 Å². The van der Waals surface area contributed by atoms with E-state index in [1.54, 1.807) is 29.2 Å². The predicted octanol–water partition coefficient (Wildman–Crippen LogP) is 0.468. The first kappa shape index (κ1) is 19.2. The number of anilines is 1. The summed E-state index contributed by atoms with van der Waals surface area (Å²) in [6.45, 7) is 1.58. The number of rotatable bonds is 4. The highest BCUT2D eigenvalue weighted by Gasteiger charge is 2.22. The third-order valence-corrected chi connectivity index (χ3v) is 4.68. The van der Waals surface area contributed by atoms with Crippen LogP contribution in [-0.2, 0) is 11.3 Å². The van der Waals surface area contributed by atoms with Gasteiger partial charge in [-0.3, -0.25) is 14.5 Å². The molecule has 1 fully saturated rings. The number of nitrogens with zero attached hydrogens (tertiary/aromatic N) is 5. The lowest BCUT2D eigenvalue weighted by Gasteiger charge is -2.26. The van der Waals surface area contributed by atoms with Gasteiger partial charge in [0.1, 0.15) is 17.6 Å². The molecule has 2 amide bonds. The minimum Gasteiger partial charge on any atom is -0.505 e. The molecule has 0 aliphatic carbocycles. The van der Waals surface area contributed by atoms with E-state index >= 15 is 0 Å². The number of fused-ring (bicyclic) bond motifs is 1. The first-order valence-corrected chi connectivity index (χ1v) is 9.20. The van der Waals surface area contributed by atoms with Crippen LogP contribution in [0.15, 0.2) is 36.7 Å². The molecule has 1 saturated heterocycles. The molecular weight excluding hydrogens is 386 g/mol. The Morgan fingerprint density at radius 2 is 2.13 bits per heavy atom. The van der Waals surface area contributed by atoms with Crippen molar-refractivity contribution in [3.63, 3.8) is 0 Å². The minimum atomic E-state index is -0.555. The largest absolute Gasteiger partial charge is 0.505 e. The zero-order valence-corrected chi connectivity index (χ0v) is 15.8. The zero-order valence-electron chi connectivity index (χ0n) is 15.8. The third-order valence-electron chi connectivity index (χ3n) is 4.68. The molecule has 4 rings (SSSR count). The standard InChI is InChI=1S/C20H17N7O3/c21-7-13-2-1-12(8-23-13)9-25-20(30)18-19(29)14-3-4-16(26-15(14)10-24-18)27-6-5-22-11-17(27)28/h1-4,8,10,22,29H,5-6,9,11H2,(H,25,30). The molecular formula is C20H17N7O3. The Hall–Kier alpha value is -4.10. The molecule has 3 aromatic rings. The maximum absolute atomic E-state index is 12.5. The fourth-order valence-corrected chi connectivity index (χ4v) is 3.10. The van der Waals surface area contributed by atoms with E-state index in [2.05, 4.69) is 25.6 Å². The third kappa shape index (κ3) is 3.74. The lowest BCUT2D eigenvalue weighted by Crippen LogP contribution is -2.48. The molecule has 0 spiro atoms. The number of hydrogen-bond donors (Lipinski definition) is 3. The maximum Gasteiger partial charge on any atom is 0.274 e. The van der Waals surface area contributed by atoms with Crippen LogP contribution in [0, 0.1) is 11.3 Å². The quantitative estimate of drug-likeness (QED) is 0.570. The fraction of sp³-hybridized carbons (Fsp3) is 0.200. The van der Waals surface area contributed by atoms with Gasteiger partial charge in [-0.05, 0) is 23.8 Å². The van der Waals surface area contributed by atoms with Crippen molar-refractivity contribution in [1.29, 1.82) is 5.26 Å². The van der Waals surface area contributed by atoms with Gasteiger partial charge in [0, 0.05) is 31.2 Å². The van der Waals surface area contributed by atoms with Crippen molar-refractivity contribution in [2.75, 3.05) is 24.5 Å². The molecule has 150 valence electrons. The van der Waals surface area contributed by atoms with Crippen LogP contribution in [0.1, 0.15) is 21.7 Å². The lowest BCUT2D eigenvalue weighted by atomic mass is 10.2. The predicted molar refractivity (Wildman–Crippen MR) is 107 cm³/mol. The highest BCUT2D eigenvalue weighted by molar-refractivity contribution is 6.01. The SMILES string of the molecule is N#Cc1ccc(CNC(=O)c2ncc3nc(N4CCNCC4=O)ccc3c2O)cn1. The Kier molecular flexibility index (Phi) is 5.19. The van der Waals surface area contributed by atoms with Crippen molar-refractivity contribution in [3.8, 4) is 11.8 Å². The molecule has 30 heavy (non-hydrogen) atoms. The number of aromatic nitrogens is 3. The Morgan fingerprint density at radius 3 is 2.87 bits per heavy atom. The second-order valence-electron chi connectivity index (χ2n) is 6.63. The second-order valence-corrected chi connectivity index (χ2v) is 6.63. The molecule has 3 aromatic heterocycles. The Bertz CT molecular complexity index is 1170. The molecule has 0 aromatic carbocycles. The van der Waals surface area contributed by atoms with Gasteiger partial charge in [-0.15, -0.1) is 0 Å². The van der Waals surface area contributed by atoms with Crippen molar-refractivity contribution < 1.29 is 14.7 Å². The molecule has 3 N–H and O–H groups in total. The van der Waals surface area contributed by atoms with Gasteiger partial charge in [0.2, 0.25) is 5.91 Å². The average molecular weight is 403 g/mol. The molecule has 10 heteroatoms. The number of aromatic hydroxyl groups is 1. The molecule has 0 saturated carbocycles. The number of nitriles is 1. The van der Waals surface area contributed by atoms with E-state index in [-0.39, 0.29) is 36.1 Å². The van der Waals surface area contributed by atoms with Gasteiger partial charge in [-0.2, -0.15) is 5.26 Å². The monoisotopic (exact) mass is 403 g/mol. The first-order chi connectivity index (χ1) is 14.6. The summed E-state index contributed by atoms with van der Waals surface area (Å²) in [5.74, 6) is -0.451. The number of pyridine rings is 3. The summed E-state index contributed by atoms with van der Waals surface area (Å²) in [5.41, 5.74) is 1.24. The van der Waals surface area contributed by atoms with E-state index in [0.29, 0.717) is 35.4 Å². The van der Waals surface area contributed by atoms with E-state index in [1.165, 1.54) is 12.4 Å². The van der Waals surface area contributed by atoms with Crippen LogP contribution >= 0.6 is 0 Å². The average Bonchev–Trinajstić information content (AvgIpc) is 2.78. The van der Waals surface area contributed by atoms with Crippen LogP contribution in [0.25, 0.3) is 10.9 Å². The number of carbonyl (C=O) groups is 2. The van der Waals surface area contributed by atoms with Crippen LogP contribution in [0.3, 0.4) is 0 Å². The van der Waals surface area contributed by atoms with Gasteiger partial charge in [0.15, 0.2) is 11.4 Å². The highest BCUT2D eigenvalue weighted by atomic mass is 16.3. The van der Waals surface area contributed by atoms with Gasteiger partial charge >= 0.3 is 0 Å². The molecule has 0 radical (unpaired) electrons. The van der Waals surface area contributed by atoms with E-state index in [4.69, 9.17) is 5.26 Å². The fourth-order valence-electron chi connectivity index (χ4n) is 3.10. The zero-order chi connectivity index (χ0) is 21.1. The van der Waals surface area contributed by atoms with E-state index in [9.17, 15) is 14.7 Å². The Morgan fingerprint density at radius 1 is 1.27 bits per heavy atom. The minimum absolute atomic E-state index is 0.0847. The van der Waals surface area contributed by atoms with Crippen LogP contribution in [-0.4, -0.2) is 51.5 Å². The summed E-state index contributed by atoms with van der Waals surface area (Å²) >= 11 is 0. The first-order valence-electron chi connectivity index (χ1n) is 9.20. The number of carbonyl (C=O) groups excluding carboxylic acids is 2. The highest BCUT2D eigenvalue weighted by Crippen LogP contribution is 2.28. The van der Waals surface area contributed by atoms with Crippen LogP contribution in [0.4, 0.5) is 5.82 Å². The summed E-state index contributed by atoms with van der Waals surface area (Å²) in [6, 6.07) is 8.41. The van der Waals surface area contributed by atoms with Crippen LogP contribution in [0.2, 0.25) is 0 Å². The van der Waals surface area contributed by atoms with Gasteiger partial charge in [-0.25, -0.2) is 15.0 Å². The summed E-state index contributed by atoms with van der Waals surface area (Å²) in [4.78, 5) is 38.5. The maximum atomic E-state index is 12.5. The number of nitrogens with one attached hydrogen (secondary N) is 2. The summed E-state index contributed by atoms with van der Waals surface area (Å²) < 4.78 is 0. The summed E-state index contributed by atoms with van der Waals surface area (Å²) in [5, 5.41) is 25.3. The second kappa shape index (κ2) is 8.10. The van der Waals surface area contributed by atoms with E-state index in [1.807, 2.05) is 6.07 Å². The number of hydrogen-bond acceptors (Lipinski definition) is 8. The van der Waals surface area contributed by atoms with Crippen molar-refractivity contribution >= 4 is 28.5 Å². The smallest absolute Gasteiger partial charge is 0.274 e.